The quantitative estimate of drug-likeness (QED) is 0.804. The minimum absolute atomic E-state index is 0.360. The van der Waals surface area contributed by atoms with Gasteiger partial charge in [-0.2, -0.15) is 0 Å². The van der Waals surface area contributed by atoms with E-state index < -0.39 is 0 Å². The molecular formula is C10H10N4O. The lowest BCUT2D eigenvalue weighted by atomic mass is 10.4. The Hall–Kier alpha value is -2.17. The molecule has 0 unspecified atom stereocenters. The summed E-state index contributed by atoms with van der Waals surface area (Å²) in [7, 11) is 0. The molecule has 2 rings (SSSR count). The number of ether oxygens (including phenoxy) is 1. The topological polar surface area (TPSA) is 73.9 Å². The molecule has 0 aliphatic heterocycles. The highest BCUT2D eigenvalue weighted by molar-refractivity contribution is 5.23. The zero-order valence-corrected chi connectivity index (χ0v) is 8.00. The minimum atomic E-state index is 0.360. The predicted octanol–water partition coefficient (Wildman–Crippen LogP) is 1.03. The van der Waals surface area contributed by atoms with Gasteiger partial charge in [0.25, 0.3) is 0 Å². The van der Waals surface area contributed by atoms with Crippen LogP contribution in [0, 0.1) is 0 Å². The molecule has 5 nitrogen and oxygen atoms in total. The average molecular weight is 202 g/mol. The largest absolute Gasteiger partial charge is 0.486 e. The molecule has 2 heterocycles. The van der Waals surface area contributed by atoms with Crippen LogP contribution >= 0.6 is 0 Å². The van der Waals surface area contributed by atoms with Crippen LogP contribution in [0.15, 0.2) is 36.9 Å². The van der Waals surface area contributed by atoms with Crippen LogP contribution in [0.3, 0.4) is 0 Å². The first-order valence-electron chi connectivity index (χ1n) is 4.44. The van der Waals surface area contributed by atoms with Crippen molar-refractivity contribution in [1.82, 2.24) is 15.0 Å². The first-order valence-corrected chi connectivity index (χ1v) is 4.44. The lowest BCUT2D eigenvalue weighted by molar-refractivity contribution is 0.299. The summed E-state index contributed by atoms with van der Waals surface area (Å²) in [4.78, 5) is 11.9. The fraction of sp³-hybridized carbons (Fsp3) is 0.100. The molecule has 0 spiro atoms. The highest BCUT2D eigenvalue weighted by Crippen LogP contribution is 2.08. The van der Waals surface area contributed by atoms with Crippen molar-refractivity contribution in [1.29, 1.82) is 0 Å². The number of rotatable bonds is 3. The van der Waals surface area contributed by atoms with Crippen molar-refractivity contribution >= 4 is 5.82 Å². The molecule has 15 heavy (non-hydrogen) atoms. The van der Waals surface area contributed by atoms with Crippen LogP contribution in [-0.4, -0.2) is 15.0 Å². The highest BCUT2D eigenvalue weighted by atomic mass is 16.5. The van der Waals surface area contributed by atoms with Crippen LogP contribution in [0.4, 0.5) is 5.82 Å². The van der Waals surface area contributed by atoms with Gasteiger partial charge in [0.2, 0.25) is 0 Å². The molecule has 2 N–H and O–H groups in total. The molecule has 0 saturated heterocycles. The maximum absolute atomic E-state index is 5.43. The highest BCUT2D eigenvalue weighted by Gasteiger charge is 1.97. The van der Waals surface area contributed by atoms with E-state index >= 15 is 0 Å². The lowest BCUT2D eigenvalue weighted by Crippen LogP contribution is -2.00. The maximum Gasteiger partial charge on any atom is 0.141 e. The number of nitrogen functional groups attached to an aromatic ring is 1. The molecule has 76 valence electrons. The summed E-state index contributed by atoms with van der Waals surface area (Å²) in [6.07, 6.45) is 6.42. The molecule has 5 heteroatoms. The monoisotopic (exact) mass is 202 g/mol. The van der Waals surface area contributed by atoms with Crippen LogP contribution < -0.4 is 10.5 Å². The average Bonchev–Trinajstić information content (AvgIpc) is 2.30. The van der Waals surface area contributed by atoms with E-state index in [-0.39, 0.29) is 0 Å². The Bertz CT molecular complexity index is 415. The Labute approximate surface area is 87.0 Å². The Morgan fingerprint density at radius 2 is 2.13 bits per heavy atom. The zero-order chi connectivity index (χ0) is 10.5. The number of anilines is 1. The number of aromatic nitrogens is 3. The van der Waals surface area contributed by atoms with Crippen molar-refractivity contribution in [2.75, 3.05) is 5.73 Å². The molecule has 0 aliphatic carbocycles. The van der Waals surface area contributed by atoms with Crippen LogP contribution in [-0.2, 0) is 6.61 Å². The van der Waals surface area contributed by atoms with Crippen molar-refractivity contribution < 1.29 is 4.74 Å². The number of hydrogen-bond donors (Lipinski definition) is 1. The van der Waals surface area contributed by atoms with Crippen LogP contribution in [0.1, 0.15) is 5.69 Å². The second-order valence-corrected chi connectivity index (χ2v) is 2.91. The van der Waals surface area contributed by atoms with Gasteiger partial charge in [-0.05, 0) is 12.1 Å². The molecule has 0 bridgehead atoms. The third kappa shape index (κ3) is 2.63. The van der Waals surface area contributed by atoms with E-state index in [2.05, 4.69) is 15.0 Å². The summed E-state index contributed by atoms with van der Waals surface area (Å²) in [5.41, 5.74) is 6.14. The van der Waals surface area contributed by atoms with Gasteiger partial charge in [-0.25, -0.2) is 4.98 Å². The summed E-state index contributed by atoms with van der Waals surface area (Å²) in [6, 6.07) is 3.64. The maximum atomic E-state index is 5.43. The fourth-order valence-electron chi connectivity index (χ4n) is 1.03. The Balaban J connectivity index is 1.96. The van der Waals surface area contributed by atoms with E-state index in [0.29, 0.717) is 18.2 Å². The normalized spacial score (nSPS) is 9.87. The molecule has 0 saturated carbocycles. The van der Waals surface area contributed by atoms with E-state index in [1.165, 1.54) is 6.20 Å². The Morgan fingerprint density at radius 1 is 1.20 bits per heavy atom. The third-order valence-electron chi connectivity index (χ3n) is 1.75. The summed E-state index contributed by atoms with van der Waals surface area (Å²) >= 11 is 0. The van der Waals surface area contributed by atoms with Crippen LogP contribution in [0.5, 0.6) is 5.75 Å². The zero-order valence-electron chi connectivity index (χ0n) is 8.00. The molecular weight excluding hydrogens is 192 g/mol. The number of nitrogens with zero attached hydrogens (tertiary/aromatic N) is 3. The van der Waals surface area contributed by atoms with Crippen molar-refractivity contribution in [3.8, 4) is 5.75 Å². The van der Waals surface area contributed by atoms with Crippen molar-refractivity contribution in [3.05, 3.63) is 42.6 Å². The smallest absolute Gasteiger partial charge is 0.141 e. The first kappa shape index (κ1) is 9.39. The predicted molar refractivity (Wildman–Crippen MR) is 55.0 cm³/mol. The van der Waals surface area contributed by atoms with Gasteiger partial charge in [0, 0.05) is 6.20 Å². The molecule has 0 radical (unpaired) electrons. The summed E-state index contributed by atoms with van der Waals surface area (Å²) in [5, 5.41) is 0. The van der Waals surface area contributed by atoms with Gasteiger partial charge in [-0.1, -0.05) is 0 Å². The number of nitrogens with two attached hydrogens (primary N) is 1. The fourth-order valence-corrected chi connectivity index (χ4v) is 1.03. The van der Waals surface area contributed by atoms with E-state index in [1.54, 1.807) is 18.6 Å². The van der Waals surface area contributed by atoms with Gasteiger partial charge in [0.05, 0.1) is 24.3 Å². The van der Waals surface area contributed by atoms with Gasteiger partial charge in [0.1, 0.15) is 18.2 Å². The second kappa shape index (κ2) is 4.36. The van der Waals surface area contributed by atoms with Gasteiger partial charge >= 0.3 is 0 Å². The van der Waals surface area contributed by atoms with E-state index in [9.17, 15) is 0 Å². The molecule has 0 aliphatic rings. The lowest BCUT2D eigenvalue weighted by Gasteiger charge is -2.04. The summed E-state index contributed by atoms with van der Waals surface area (Å²) in [5.74, 6) is 1.11. The van der Waals surface area contributed by atoms with Gasteiger partial charge in [-0.15, -0.1) is 0 Å². The Morgan fingerprint density at radius 3 is 2.80 bits per heavy atom. The standard InChI is InChI=1S/C10H10N4O/c11-10-6-13-8(4-14-10)7-15-9-2-1-3-12-5-9/h1-6H,7H2,(H2,11,14). The van der Waals surface area contributed by atoms with E-state index in [1.807, 2.05) is 12.1 Å². The van der Waals surface area contributed by atoms with Gasteiger partial charge in [0.15, 0.2) is 0 Å². The summed E-state index contributed by atoms with van der Waals surface area (Å²) < 4.78 is 5.43. The Kier molecular flexibility index (Phi) is 2.73. The molecule has 2 aromatic heterocycles. The van der Waals surface area contributed by atoms with Crippen LogP contribution in [0.2, 0.25) is 0 Å². The summed E-state index contributed by atoms with van der Waals surface area (Å²) in [6.45, 7) is 0.360. The molecule has 2 aromatic rings. The van der Waals surface area contributed by atoms with Gasteiger partial charge < -0.3 is 10.5 Å². The number of pyridine rings is 1. The second-order valence-electron chi connectivity index (χ2n) is 2.91. The van der Waals surface area contributed by atoms with E-state index in [0.717, 1.165) is 5.69 Å². The van der Waals surface area contributed by atoms with E-state index in [4.69, 9.17) is 10.5 Å². The molecule has 0 amide bonds. The SMILES string of the molecule is Nc1cnc(COc2cccnc2)cn1. The van der Waals surface area contributed by atoms with Gasteiger partial charge in [-0.3, -0.25) is 9.97 Å². The molecule has 0 aromatic carbocycles. The molecule has 0 atom stereocenters. The van der Waals surface area contributed by atoms with Crippen molar-refractivity contribution in [2.24, 2.45) is 0 Å². The first-order chi connectivity index (χ1) is 7.34. The molecule has 0 fully saturated rings. The minimum Gasteiger partial charge on any atom is -0.486 e. The van der Waals surface area contributed by atoms with Crippen LogP contribution in [0.25, 0.3) is 0 Å². The van der Waals surface area contributed by atoms with Crippen molar-refractivity contribution in [3.63, 3.8) is 0 Å². The van der Waals surface area contributed by atoms with Crippen molar-refractivity contribution in [2.45, 2.75) is 6.61 Å². The number of hydrogen-bond acceptors (Lipinski definition) is 5. The third-order valence-corrected chi connectivity index (χ3v) is 1.75.